The molecule has 2 N–H and O–H groups in total. The van der Waals surface area contributed by atoms with E-state index in [-0.39, 0.29) is 17.3 Å². The van der Waals surface area contributed by atoms with E-state index in [1.165, 1.54) is 10.9 Å². The van der Waals surface area contributed by atoms with Crippen molar-refractivity contribution < 1.29 is 8.78 Å². The predicted molar refractivity (Wildman–Crippen MR) is 81.7 cm³/mol. The minimum Gasteiger partial charge on any atom is -0.337 e. The smallest absolute Gasteiger partial charge is 0.282 e. The van der Waals surface area contributed by atoms with E-state index in [4.69, 9.17) is 0 Å². The van der Waals surface area contributed by atoms with Crippen LogP contribution in [0.4, 0.5) is 20.3 Å². The molecule has 0 aliphatic carbocycles. The van der Waals surface area contributed by atoms with Gasteiger partial charge in [-0.05, 0) is 12.8 Å². The summed E-state index contributed by atoms with van der Waals surface area (Å²) in [7, 11) is 0. The molecule has 9 heteroatoms. The van der Waals surface area contributed by atoms with E-state index in [1.54, 1.807) is 13.1 Å². The van der Waals surface area contributed by atoms with Crippen LogP contribution in [-0.2, 0) is 6.54 Å². The van der Waals surface area contributed by atoms with E-state index in [9.17, 15) is 8.78 Å². The van der Waals surface area contributed by atoms with Crippen LogP contribution in [0.5, 0.6) is 0 Å². The van der Waals surface area contributed by atoms with Gasteiger partial charge >= 0.3 is 0 Å². The number of anilines is 2. The van der Waals surface area contributed by atoms with Crippen molar-refractivity contribution in [1.29, 1.82) is 0 Å². The van der Waals surface area contributed by atoms with Crippen LogP contribution in [0.25, 0.3) is 11.0 Å². The first-order chi connectivity index (χ1) is 11.0. The van der Waals surface area contributed by atoms with Crippen LogP contribution < -0.4 is 5.32 Å². The van der Waals surface area contributed by atoms with E-state index < -0.39 is 6.43 Å². The van der Waals surface area contributed by atoms with Crippen molar-refractivity contribution in [2.24, 2.45) is 5.92 Å². The third kappa shape index (κ3) is 2.99. The molecule has 0 aliphatic heterocycles. The molecule has 122 valence electrons. The summed E-state index contributed by atoms with van der Waals surface area (Å²) in [6, 6.07) is 0. The van der Waals surface area contributed by atoms with Crippen LogP contribution in [0.15, 0.2) is 12.4 Å². The molecule has 3 rings (SSSR count). The van der Waals surface area contributed by atoms with Gasteiger partial charge in [-0.2, -0.15) is 10.2 Å². The van der Waals surface area contributed by atoms with Gasteiger partial charge in [0.2, 0.25) is 0 Å². The number of alkyl halides is 2. The maximum absolute atomic E-state index is 13.5. The van der Waals surface area contributed by atoms with Crippen molar-refractivity contribution >= 4 is 22.5 Å². The highest BCUT2D eigenvalue weighted by atomic mass is 19.3. The van der Waals surface area contributed by atoms with Gasteiger partial charge in [0.05, 0.1) is 23.5 Å². The normalized spacial score (nSPS) is 11.8. The molecule has 0 spiro atoms. The summed E-state index contributed by atoms with van der Waals surface area (Å²) >= 11 is 0. The largest absolute Gasteiger partial charge is 0.337 e. The molecule has 0 atom stereocenters. The topological polar surface area (TPSA) is 84.3 Å². The maximum atomic E-state index is 13.5. The van der Waals surface area contributed by atoms with E-state index in [0.29, 0.717) is 29.2 Å². The molecule has 3 aromatic heterocycles. The standard InChI is InChI=1S/C14H17F2N7/c1-7(2)6-23-11(12(15)16)10(5-18-23)21-13-9-4-17-22-14(9)20-8(3)19-13/h4-5,7,12H,6H2,1-3H3,(H2,17,19,20,21,22). The molecule has 0 saturated carbocycles. The van der Waals surface area contributed by atoms with E-state index in [2.05, 4.69) is 30.6 Å². The third-order valence-corrected chi connectivity index (χ3v) is 3.30. The van der Waals surface area contributed by atoms with E-state index in [1.807, 2.05) is 13.8 Å². The van der Waals surface area contributed by atoms with Crippen LogP contribution in [0.1, 0.15) is 31.8 Å². The Morgan fingerprint density at radius 3 is 2.74 bits per heavy atom. The Kier molecular flexibility index (Phi) is 3.93. The maximum Gasteiger partial charge on any atom is 0.282 e. The molecule has 23 heavy (non-hydrogen) atoms. The molecule has 3 heterocycles. The lowest BCUT2D eigenvalue weighted by Gasteiger charge is -2.12. The minimum absolute atomic E-state index is 0.147. The summed E-state index contributed by atoms with van der Waals surface area (Å²) in [5.74, 6) is 1.15. The van der Waals surface area contributed by atoms with Gasteiger partial charge in [0.1, 0.15) is 17.3 Å². The number of aromatic amines is 1. The zero-order valence-electron chi connectivity index (χ0n) is 13.0. The Morgan fingerprint density at radius 1 is 1.26 bits per heavy atom. The van der Waals surface area contributed by atoms with Gasteiger partial charge in [-0.25, -0.2) is 18.7 Å². The second-order valence-corrected chi connectivity index (χ2v) is 5.70. The number of hydrogen-bond acceptors (Lipinski definition) is 5. The Bertz CT molecular complexity index is 822. The zero-order chi connectivity index (χ0) is 16.6. The van der Waals surface area contributed by atoms with Crippen LogP contribution in [0.3, 0.4) is 0 Å². The Hall–Kier alpha value is -2.58. The summed E-state index contributed by atoms with van der Waals surface area (Å²) in [6.45, 7) is 6.05. The molecule has 0 aromatic carbocycles. The summed E-state index contributed by atoms with van der Waals surface area (Å²) in [5.41, 5.74) is 0.640. The van der Waals surface area contributed by atoms with Crippen LogP contribution in [-0.4, -0.2) is 29.9 Å². The SMILES string of the molecule is Cc1nc(Nc2cnn(CC(C)C)c2C(F)F)c2cn[nH]c2n1. The van der Waals surface area contributed by atoms with Gasteiger partial charge in [-0.3, -0.25) is 9.78 Å². The van der Waals surface area contributed by atoms with Gasteiger partial charge in [-0.1, -0.05) is 13.8 Å². The van der Waals surface area contributed by atoms with Crippen molar-refractivity contribution in [3.8, 4) is 0 Å². The van der Waals surface area contributed by atoms with Crippen LogP contribution in [0.2, 0.25) is 0 Å². The fraction of sp³-hybridized carbons (Fsp3) is 0.429. The molecule has 0 aliphatic rings. The molecule has 0 saturated heterocycles. The van der Waals surface area contributed by atoms with Gasteiger partial charge in [0, 0.05) is 6.54 Å². The molecule has 3 aromatic rings. The Morgan fingerprint density at radius 2 is 2.04 bits per heavy atom. The molecular formula is C14H17F2N7. The number of nitrogens with zero attached hydrogens (tertiary/aromatic N) is 5. The van der Waals surface area contributed by atoms with Crippen LogP contribution >= 0.6 is 0 Å². The number of aryl methyl sites for hydroxylation is 1. The van der Waals surface area contributed by atoms with Gasteiger partial charge in [0.25, 0.3) is 6.43 Å². The summed E-state index contributed by atoms with van der Waals surface area (Å²) in [5, 5.41) is 14.3. The monoisotopic (exact) mass is 321 g/mol. The lowest BCUT2D eigenvalue weighted by atomic mass is 10.2. The minimum atomic E-state index is -2.64. The highest BCUT2D eigenvalue weighted by molar-refractivity contribution is 5.88. The average Bonchev–Trinajstić information content (AvgIpc) is 3.05. The van der Waals surface area contributed by atoms with Crippen LogP contribution in [0, 0.1) is 12.8 Å². The molecule has 0 unspecified atom stereocenters. The molecule has 0 radical (unpaired) electrons. The first kappa shape index (κ1) is 15.3. The summed E-state index contributed by atoms with van der Waals surface area (Å²) in [4.78, 5) is 8.48. The van der Waals surface area contributed by atoms with Crippen molar-refractivity contribution in [2.45, 2.75) is 33.7 Å². The van der Waals surface area contributed by atoms with Crippen molar-refractivity contribution in [1.82, 2.24) is 29.9 Å². The van der Waals surface area contributed by atoms with E-state index in [0.717, 1.165) is 0 Å². The van der Waals surface area contributed by atoms with Crippen molar-refractivity contribution in [3.05, 3.63) is 23.9 Å². The molecule has 7 nitrogen and oxygen atoms in total. The quantitative estimate of drug-likeness (QED) is 0.754. The molecule has 0 bridgehead atoms. The van der Waals surface area contributed by atoms with Crippen molar-refractivity contribution in [3.63, 3.8) is 0 Å². The number of nitrogens with one attached hydrogen (secondary N) is 2. The number of rotatable bonds is 5. The Balaban J connectivity index is 2.02. The third-order valence-electron chi connectivity index (χ3n) is 3.30. The average molecular weight is 321 g/mol. The Labute approximate surface area is 131 Å². The zero-order valence-corrected chi connectivity index (χ0v) is 13.0. The number of aromatic nitrogens is 6. The lowest BCUT2D eigenvalue weighted by Crippen LogP contribution is -2.11. The fourth-order valence-electron chi connectivity index (χ4n) is 2.38. The second-order valence-electron chi connectivity index (χ2n) is 5.70. The molecule has 0 fully saturated rings. The molecule has 0 amide bonds. The highest BCUT2D eigenvalue weighted by Crippen LogP contribution is 2.31. The summed E-state index contributed by atoms with van der Waals surface area (Å²) < 4.78 is 28.2. The number of fused-ring (bicyclic) bond motifs is 1. The number of H-pyrrole nitrogens is 1. The molecular weight excluding hydrogens is 304 g/mol. The van der Waals surface area contributed by atoms with Gasteiger partial charge < -0.3 is 5.32 Å². The number of hydrogen-bond donors (Lipinski definition) is 2. The van der Waals surface area contributed by atoms with E-state index >= 15 is 0 Å². The first-order valence-electron chi connectivity index (χ1n) is 7.24. The fourth-order valence-corrected chi connectivity index (χ4v) is 2.38. The van der Waals surface area contributed by atoms with Gasteiger partial charge in [0.15, 0.2) is 5.65 Å². The second kappa shape index (κ2) is 5.90. The van der Waals surface area contributed by atoms with Crippen molar-refractivity contribution in [2.75, 3.05) is 5.32 Å². The summed E-state index contributed by atoms with van der Waals surface area (Å²) in [6.07, 6.45) is 0.312. The lowest BCUT2D eigenvalue weighted by molar-refractivity contribution is 0.138. The number of halogens is 2. The van der Waals surface area contributed by atoms with Gasteiger partial charge in [-0.15, -0.1) is 0 Å². The highest BCUT2D eigenvalue weighted by Gasteiger charge is 2.22. The predicted octanol–water partition coefficient (Wildman–Crippen LogP) is 3.20. The first-order valence-corrected chi connectivity index (χ1v) is 7.24.